The maximum absolute atomic E-state index is 5.76. The summed E-state index contributed by atoms with van der Waals surface area (Å²) < 4.78 is 10.9. The molecule has 3 heteroatoms. The van der Waals surface area contributed by atoms with Gasteiger partial charge in [0.25, 0.3) is 0 Å². The lowest BCUT2D eigenvalue weighted by molar-refractivity contribution is 0.302. The van der Waals surface area contributed by atoms with Crippen LogP contribution < -0.4 is 9.47 Å². The second kappa shape index (κ2) is 7.55. The van der Waals surface area contributed by atoms with Gasteiger partial charge in [-0.15, -0.1) is 0 Å². The van der Waals surface area contributed by atoms with Crippen LogP contribution in [0, 0.1) is 0 Å². The van der Waals surface area contributed by atoms with Crippen LogP contribution >= 0.6 is 15.9 Å². The molecule has 0 N–H and O–H groups in total. The van der Waals surface area contributed by atoms with Crippen LogP contribution in [-0.2, 0) is 5.33 Å². The third kappa shape index (κ3) is 4.05. The highest BCUT2D eigenvalue weighted by molar-refractivity contribution is 9.08. The summed E-state index contributed by atoms with van der Waals surface area (Å²) in [5, 5.41) is 0.806. The predicted molar refractivity (Wildman–Crippen MR) is 70.6 cm³/mol. The molecule has 0 unspecified atom stereocenters. The van der Waals surface area contributed by atoms with Crippen molar-refractivity contribution in [2.75, 3.05) is 13.7 Å². The standard InChI is InChI=1S/C13H19BrO2/c1-3-4-5-8-16-13-9-12(15-2)7-6-11(13)10-14/h6-7,9H,3-5,8,10H2,1-2H3. The van der Waals surface area contributed by atoms with Gasteiger partial charge in [0.05, 0.1) is 13.7 Å². The molecule has 0 aliphatic rings. The third-order valence-corrected chi connectivity index (χ3v) is 3.03. The van der Waals surface area contributed by atoms with Crippen molar-refractivity contribution in [3.63, 3.8) is 0 Å². The highest BCUT2D eigenvalue weighted by Crippen LogP contribution is 2.26. The van der Waals surface area contributed by atoms with Crippen LogP contribution in [-0.4, -0.2) is 13.7 Å². The monoisotopic (exact) mass is 286 g/mol. The Bertz CT molecular complexity index is 313. The highest BCUT2D eigenvalue weighted by atomic mass is 79.9. The van der Waals surface area contributed by atoms with Gasteiger partial charge in [0.2, 0.25) is 0 Å². The van der Waals surface area contributed by atoms with Gasteiger partial charge < -0.3 is 9.47 Å². The molecular weight excluding hydrogens is 268 g/mol. The molecule has 0 bridgehead atoms. The lowest BCUT2D eigenvalue weighted by atomic mass is 10.2. The minimum absolute atomic E-state index is 0.779. The Morgan fingerprint density at radius 2 is 2.06 bits per heavy atom. The van der Waals surface area contributed by atoms with E-state index in [0.29, 0.717) is 0 Å². The van der Waals surface area contributed by atoms with E-state index >= 15 is 0 Å². The largest absolute Gasteiger partial charge is 0.497 e. The summed E-state index contributed by atoms with van der Waals surface area (Å²) in [7, 11) is 1.67. The lowest BCUT2D eigenvalue weighted by Gasteiger charge is -2.11. The zero-order valence-corrected chi connectivity index (χ0v) is 11.5. The van der Waals surface area contributed by atoms with E-state index in [1.807, 2.05) is 18.2 Å². The number of halogens is 1. The summed E-state index contributed by atoms with van der Waals surface area (Å²) in [6.07, 6.45) is 3.54. The fourth-order valence-electron chi connectivity index (χ4n) is 1.44. The van der Waals surface area contributed by atoms with Crippen molar-refractivity contribution in [2.24, 2.45) is 0 Å². The zero-order chi connectivity index (χ0) is 11.8. The van der Waals surface area contributed by atoms with Crippen molar-refractivity contribution < 1.29 is 9.47 Å². The van der Waals surface area contributed by atoms with Crippen molar-refractivity contribution in [2.45, 2.75) is 31.5 Å². The molecule has 0 heterocycles. The molecule has 0 aromatic heterocycles. The van der Waals surface area contributed by atoms with E-state index in [2.05, 4.69) is 22.9 Å². The molecule has 1 rings (SSSR count). The Morgan fingerprint density at radius 1 is 1.25 bits per heavy atom. The number of rotatable bonds is 7. The first-order valence-electron chi connectivity index (χ1n) is 5.67. The first-order chi connectivity index (χ1) is 7.81. The smallest absolute Gasteiger partial charge is 0.127 e. The molecule has 1 aromatic carbocycles. The number of benzene rings is 1. The summed E-state index contributed by atoms with van der Waals surface area (Å²) >= 11 is 3.46. The van der Waals surface area contributed by atoms with Crippen LogP contribution in [0.4, 0.5) is 0 Å². The molecule has 0 amide bonds. The summed E-state index contributed by atoms with van der Waals surface area (Å²) in [6.45, 7) is 2.97. The van der Waals surface area contributed by atoms with Gasteiger partial charge in [-0.05, 0) is 12.5 Å². The number of hydrogen-bond donors (Lipinski definition) is 0. The Balaban J connectivity index is 2.60. The number of hydrogen-bond acceptors (Lipinski definition) is 2. The van der Waals surface area contributed by atoms with E-state index in [1.54, 1.807) is 7.11 Å². The average Bonchev–Trinajstić information content (AvgIpc) is 2.34. The highest BCUT2D eigenvalue weighted by Gasteiger charge is 2.04. The molecule has 2 nitrogen and oxygen atoms in total. The first kappa shape index (κ1) is 13.4. The second-order valence-corrected chi connectivity index (χ2v) is 4.22. The Labute approximate surface area is 106 Å². The minimum Gasteiger partial charge on any atom is -0.497 e. The lowest BCUT2D eigenvalue weighted by Crippen LogP contribution is -2.00. The number of unbranched alkanes of at least 4 members (excludes halogenated alkanes) is 2. The molecule has 0 saturated carbocycles. The SMILES string of the molecule is CCCCCOc1cc(OC)ccc1CBr. The molecule has 0 fully saturated rings. The van der Waals surface area contributed by atoms with Crippen LogP contribution in [0.3, 0.4) is 0 Å². The maximum atomic E-state index is 5.76. The van der Waals surface area contributed by atoms with Gasteiger partial charge in [-0.3, -0.25) is 0 Å². The molecule has 16 heavy (non-hydrogen) atoms. The van der Waals surface area contributed by atoms with Gasteiger partial charge >= 0.3 is 0 Å². The van der Waals surface area contributed by atoms with Crippen LogP contribution in [0.15, 0.2) is 18.2 Å². The van der Waals surface area contributed by atoms with Crippen LogP contribution in [0.25, 0.3) is 0 Å². The van der Waals surface area contributed by atoms with E-state index in [-0.39, 0.29) is 0 Å². The van der Waals surface area contributed by atoms with Crippen molar-refractivity contribution in [3.8, 4) is 11.5 Å². The summed E-state index contributed by atoms with van der Waals surface area (Å²) in [5.74, 6) is 1.77. The van der Waals surface area contributed by atoms with Crippen molar-refractivity contribution in [3.05, 3.63) is 23.8 Å². The van der Waals surface area contributed by atoms with Gasteiger partial charge in [0, 0.05) is 17.0 Å². The predicted octanol–water partition coefficient (Wildman–Crippen LogP) is 4.16. The zero-order valence-electron chi connectivity index (χ0n) is 9.96. The van der Waals surface area contributed by atoms with E-state index < -0.39 is 0 Å². The van der Waals surface area contributed by atoms with Crippen LogP contribution in [0.2, 0.25) is 0 Å². The van der Waals surface area contributed by atoms with E-state index in [4.69, 9.17) is 9.47 Å². The van der Waals surface area contributed by atoms with Gasteiger partial charge in [-0.2, -0.15) is 0 Å². The normalized spacial score (nSPS) is 10.2. The number of methoxy groups -OCH3 is 1. The fraction of sp³-hybridized carbons (Fsp3) is 0.538. The molecule has 0 spiro atoms. The van der Waals surface area contributed by atoms with Crippen molar-refractivity contribution >= 4 is 15.9 Å². The molecule has 0 atom stereocenters. The van der Waals surface area contributed by atoms with E-state index in [0.717, 1.165) is 35.4 Å². The molecule has 0 radical (unpaired) electrons. The number of alkyl halides is 1. The molecule has 0 aliphatic heterocycles. The van der Waals surface area contributed by atoms with Gasteiger partial charge in [-0.25, -0.2) is 0 Å². The van der Waals surface area contributed by atoms with Gasteiger partial charge in [0.1, 0.15) is 11.5 Å². The maximum Gasteiger partial charge on any atom is 0.127 e. The van der Waals surface area contributed by atoms with Gasteiger partial charge in [0.15, 0.2) is 0 Å². The Hall–Kier alpha value is -0.700. The Morgan fingerprint density at radius 3 is 2.69 bits per heavy atom. The molecule has 0 aliphatic carbocycles. The van der Waals surface area contributed by atoms with Crippen molar-refractivity contribution in [1.29, 1.82) is 0 Å². The average molecular weight is 287 g/mol. The summed E-state index contributed by atoms with van der Waals surface area (Å²) in [4.78, 5) is 0. The quantitative estimate of drug-likeness (QED) is 0.554. The second-order valence-electron chi connectivity index (χ2n) is 3.66. The topological polar surface area (TPSA) is 18.5 Å². The minimum atomic E-state index is 0.779. The first-order valence-corrected chi connectivity index (χ1v) is 6.79. The van der Waals surface area contributed by atoms with Crippen LogP contribution in [0.1, 0.15) is 31.7 Å². The summed E-state index contributed by atoms with van der Waals surface area (Å²) in [6, 6.07) is 5.93. The summed E-state index contributed by atoms with van der Waals surface area (Å²) in [5.41, 5.74) is 1.16. The van der Waals surface area contributed by atoms with Crippen molar-refractivity contribution in [1.82, 2.24) is 0 Å². The molecule has 1 aromatic rings. The fourth-order valence-corrected chi connectivity index (χ4v) is 1.90. The molecular formula is C13H19BrO2. The third-order valence-electron chi connectivity index (χ3n) is 2.42. The van der Waals surface area contributed by atoms with E-state index in [9.17, 15) is 0 Å². The molecule has 90 valence electrons. The Kier molecular flexibility index (Phi) is 6.31. The number of ether oxygens (including phenoxy) is 2. The van der Waals surface area contributed by atoms with E-state index in [1.165, 1.54) is 12.8 Å². The van der Waals surface area contributed by atoms with Gasteiger partial charge in [-0.1, -0.05) is 41.8 Å². The van der Waals surface area contributed by atoms with Crippen LogP contribution in [0.5, 0.6) is 11.5 Å². The molecule has 0 saturated heterocycles.